The Morgan fingerprint density at radius 1 is 1.18 bits per heavy atom. The third-order valence-electron chi connectivity index (χ3n) is 5.14. The molecule has 8 heteroatoms. The molecule has 0 saturated carbocycles. The fourth-order valence-corrected chi connectivity index (χ4v) is 3.50. The lowest BCUT2D eigenvalue weighted by atomic mass is 10.1. The van der Waals surface area contributed by atoms with Gasteiger partial charge >= 0.3 is 0 Å². The molecule has 150 valence electrons. The molecule has 1 fully saturated rings. The Balaban J connectivity index is 1.72. The first-order valence-corrected chi connectivity index (χ1v) is 9.35. The van der Waals surface area contributed by atoms with Gasteiger partial charge in [0, 0.05) is 64.8 Å². The monoisotopic (exact) mass is 387 g/mol. The van der Waals surface area contributed by atoms with Crippen molar-refractivity contribution in [3.63, 3.8) is 0 Å². The van der Waals surface area contributed by atoms with E-state index < -0.39 is 6.04 Å². The van der Waals surface area contributed by atoms with E-state index in [1.54, 1.807) is 42.0 Å². The van der Waals surface area contributed by atoms with Gasteiger partial charge in [-0.15, -0.1) is 0 Å². The number of anilines is 1. The molecule has 1 aromatic carbocycles. The second-order valence-electron chi connectivity index (χ2n) is 7.20. The second-order valence-corrected chi connectivity index (χ2v) is 7.20. The van der Waals surface area contributed by atoms with Gasteiger partial charge < -0.3 is 14.7 Å². The van der Waals surface area contributed by atoms with E-state index in [-0.39, 0.29) is 17.6 Å². The van der Waals surface area contributed by atoms with Gasteiger partial charge in [0.25, 0.3) is 0 Å². The minimum absolute atomic E-state index is 0.0415. The van der Waals surface area contributed by atoms with Crippen molar-refractivity contribution >= 4 is 17.5 Å². The van der Waals surface area contributed by atoms with Crippen LogP contribution in [0.5, 0.6) is 0 Å². The summed E-state index contributed by atoms with van der Waals surface area (Å²) in [5.74, 6) is -0.450. The lowest BCUT2D eigenvalue weighted by molar-refractivity contribution is -0.144. The van der Waals surface area contributed by atoms with Crippen molar-refractivity contribution in [3.05, 3.63) is 48.0 Å². The predicted octanol–water partition coefficient (Wildman–Crippen LogP) is 1.30. The van der Waals surface area contributed by atoms with Crippen LogP contribution in [0.3, 0.4) is 0 Å². The highest BCUT2D eigenvalue weighted by Gasteiger charge is 2.36. The maximum absolute atomic E-state index is 13.2. The van der Waals surface area contributed by atoms with E-state index >= 15 is 0 Å². The summed E-state index contributed by atoms with van der Waals surface area (Å²) in [4.78, 5) is 30.9. The van der Waals surface area contributed by atoms with Crippen molar-refractivity contribution in [2.24, 2.45) is 7.05 Å². The van der Waals surface area contributed by atoms with Crippen molar-refractivity contribution in [2.75, 3.05) is 38.6 Å². The van der Waals surface area contributed by atoms with Crippen molar-refractivity contribution in [2.45, 2.75) is 18.9 Å². The second kappa shape index (κ2) is 8.41. The molecular formula is C20H26FN5O2. The van der Waals surface area contributed by atoms with Gasteiger partial charge in [-0.2, -0.15) is 5.10 Å². The standard InChI is InChI=1S/C20H26FN5O2/c1-23(2)20(28)18-14-25(17-6-4-15(21)5-7-17)12-13-26(18)19(27)9-8-16-10-11-22-24(16)3/h4-7,10-11,18H,8-9,12-14H2,1-3H3. The highest BCUT2D eigenvalue weighted by Crippen LogP contribution is 2.21. The molecule has 0 N–H and O–H groups in total. The van der Waals surface area contributed by atoms with E-state index in [1.807, 2.05) is 18.0 Å². The van der Waals surface area contributed by atoms with Crippen molar-refractivity contribution in [1.29, 1.82) is 0 Å². The topological polar surface area (TPSA) is 61.7 Å². The van der Waals surface area contributed by atoms with Crippen LogP contribution < -0.4 is 4.90 Å². The Bertz CT molecular complexity index is 833. The number of carbonyl (C=O) groups excluding carboxylic acids is 2. The average molecular weight is 387 g/mol. The molecule has 1 saturated heterocycles. The Labute approximate surface area is 164 Å². The summed E-state index contributed by atoms with van der Waals surface area (Å²) >= 11 is 0. The molecule has 1 atom stereocenters. The molecule has 3 rings (SSSR count). The normalized spacial score (nSPS) is 16.9. The summed E-state index contributed by atoms with van der Waals surface area (Å²) in [6, 6.07) is 7.54. The number of hydrogen-bond donors (Lipinski definition) is 0. The number of piperazine rings is 1. The van der Waals surface area contributed by atoms with Crippen LogP contribution in [0.1, 0.15) is 12.1 Å². The first-order valence-electron chi connectivity index (χ1n) is 9.35. The van der Waals surface area contributed by atoms with Crippen LogP contribution in [0, 0.1) is 5.82 Å². The van der Waals surface area contributed by atoms with E-state index in [9.17, 15) is 14.0 Å². The summed E-state index contributed by atoms with van der Waals surface area (Å²) < 4.78 is 15.0. The smallest absolute Gasteiger partial charge is 0.246 e. The summed E-state index contributed by atoms with van der Waals surface area (Å²) in [7, 11) is 5.23. The lowest BCUT2D eigenvalue weighted by Gasteiger charge is -2.42. The third kappa shape index (κ3) is 4.32. The van der Waals surface area contributed by atoms with Crippen LogP contribution in [0.25, 0.3) is 0 Å². The van der Waals surface area contributed by atoms with Crippen LogP contribution in [0.4, 0.5) is 10.1 Å². The first kappa shape index (κ1) is 19.9. The summed E-state index contributed by atoms with van der Waals surface area (Å²) in [5, 5.41) is 4.12. The number of nitrogens with zero attached hydrogens (tertiary/aromatic N) is 5. The molecule has 0 bridgehead atoms. The van der Waals surface area contributed by atoms with Gasteiger partial charge in [-0.05, 0) is 36.8 Å². The zero-order chi connectivity index (χ0) is 20.3. The highest BCUT2D eigenvalue weighted by molar-refractivity contribution is 5.88. The number of aromatic nitrogens is 2. The molecule has 1 aromatic heterocycles. The minimum Gasteiger partial charge on any atom is -0.367 e. The fraction of sp³-hybridized carbons (Fsp3) is 0.450. The number of likely N-dealkylation sites (N-methyl/N-ethyl adjacent to an activating group) is 1. The summed E-state index contributed by atoms with van der Waals surface area (Å²) in [6.45, 7) is 1.44. The molecule has 2 aromatic rings. The van der Waals surface area contributed by atoms with Crippen LogP contribution in [0.2, 0.25) is 0 Å². The fourth-order valence-electron chi connectivity index (χ4n) is 3.50. The van der Waals surface area contributed by atoms with Crippen LogP contribution in [0.15, 0.2) is 36.5 Å². The van der Waals surface area contributed by atoms with Gasteiger partial charge in [-0.1, -0.05) is 0 Å². The SMILES string of the molecule is CN(C)C(=O)C1CN(c2ccc(F)cc2)CCN1C(=O)CCc1ccnn1C. The van der Waals surface area contributed by atoms with Gasteiger partial charge in [0.15, 0.2) is 0 Å². The zero-order valence-corrected chi connectivity index (χ0v) is 16.5. The predicted molar refractivity (Wildman–Crippen MR) is 104 cm³/mol. The van der Waals surface area contributed by atoms with Gasteiger partial charge in [-0.3, -0.25) is 14.3 Å². The van der Waals surface area contributed by atoms with E-state index in [0.29, 0.717) is 32.5 Å². The number of aryl methyl sites for hydroxylation is 2. The van der Waals surface area contributed by atoms with Crippen molar-refractivity contribution < 1.29 is 14.0 Å². The number of carbonyl (C=O) groups is 2. The van der Waals surface area contributed by atoms with Crippen LogP contribution in [-0.2, 0) is 23.1 Å². The Morgan fingerprint density at radius 3 is 2.50 bits per heavy atom. The first-order chi connectivity index (χ1) is 13.4. The number of amides is 2. The maximum atomic E-state index is 13.2. The molecule has 2 heterocycles. The molecule has 0 spiro atoms. The van der Waals surface area contributed by atoms with E-state index in [1.165, 1.54) is 17.0 Å². The molecule has 1 unspecified atom stereocenters. The van der Waals surface area contributed by atoms with Crippen molar-refractivity contribution in [3.8, 4) is 0 Å². The summed E-state index contributed by atoms with van der Waals surface area (Å²) in [5.41, 5.74) is 1.83. The van der Waals surface area contributed by atoms with Crippen LogP contribution >= 0.6 is 0 Å². The molecule has 2 amide bonds. The highest BCUT2D eigenvalue weighted by atomic mass is 19.1. The van der Waals surface area contributed by atoms with Gasteiger partial charge in [0.05, 0.1) is 0 Å². The summed E-state index contributed by atoms with van der Waals surface area (Å²) in [6.07, 6.45) is 2.61. The minimum atomic E-state index is -0.562. The largest absolute Gasteiger partial charge is 0.367 e. The molecule has 0 radical (unpaired) electrons. The zero-order valence-electron chi connectivity index (χ0n) is 16.5. The van der Waals surface area contributed by atoms with E-state index in [2.05, 4.69) is 5.10 Å². The maximum Gasteiger partial charge on any atom is 0.246 e. The molecule has 0 aliphatic carbocycles. The molecule has 7 nitrogen and oxygen atoms in total. The van der Waals surface area contributed by atoms with Gasteiger partial charge in [0.2, 0.25) is 11.8 Å². The average Bonchev–Trinajstić information content (AvgIpc) is 3.10. The van der Waals surface area contributed by atoms with Crippen LogP contribution in [-0.4, -0.2) is 71.2 Å². The third-order valence-corrected chi connectivity index (χ3v) is 5.14. The lowest BCUT2D eigenvalue weighted by Crippen LogP contribution is -2.60. The molecule has 28 heavy (non-hydrogen) atoms. The van der Waals surface area contributed by atoms with Gasteiger partial charge in [-0.25, -0.2) is 4.39 Å². The number of hydrogen-bond acceptors (Lipinski definition) is 4. The van der Waals surface area contributed by atoms with Crippen molar-refractivity contribution in [1.82, 2.24) is 19.6 Å². The molecule has 1 aliphatic heterocycles. The number of rotatable bonds is 5. The number of benzene rings is 1. The number of halogens is 1. The van der Waals surface area contributed by atoms with E-state index in [4.69, 9.17) is 0 Å². The Kier molecular flexibility index (Phi) is 5.96. The van der Waals surface area contributed by atoms with Gasteiger partial charge in [0.1, 0.15) is 11.9 Å². The van der Waals surface area contributed by atoms with E-state index in [0.717, 1.165) is 11.4 Å². The molecular weight excluding hydrogens is 361 g/mol. The Morgan fingerprint density at radius 2 is 1.89 bits per heavy atom. The molecule has 1 aliphatic rings. The quantitative estimate of drug-likeness (QED) is 0.776. The Hall–Kier alpha value is -2.90.